The molecule has 0 saturated carbocycles. The smallest absolute Gasteiger partial charge is 0.217 e. The summed E-state index contributed by atoms with van der Waals surface area (Å²) in [5, 5.41) is 12.1. The van der Waals surface area contributed by atoms with Gasteiger partial charge in [0.05, 0.1) is 12.6 Å². The van der Waals surface area contributed by atoms with Gasteiger partial charge in [0.15, 0.2) is 0 Å². The molecule has 0 fully saturated rings. The molecular formula is C13H17NO2. The second-order valence-corrected chi connectivity index (χ2v) is 4.34. The Balaban J connectivity index is 2.28. The Labute approximate surface area is 95.5 Å². The molecule has 1 aliphatic rings. The summed E-state index contributed by atoms with van der Waals surface area (Å²) in [4.78, 5) is 11.1. The van der Waals surface area contributed by atoms with Crippen molar-refractivity contribution in [1.82, 2.24) is 5.32 Å². The van der Waals surface area contributed by atoms with Gasteiger partial charge in [0, 0.05) is 6.92 Å². The number of amides is 1. The van der Waals surface area contributed by atoms with Crippen molar-refractivity contribution < 1.29 is 9.90 Å². The number of aliphatic hydroxyl groups excluding tert-OH is 1. The van der Waals surface area contributed by atoms with E-state index in [1.54, 1.807) is 6.92 Å². The van der Waals surface area contributed by atoms with E-state index in [4.69, 9.17) is 5.11 Å². The van der Waals surface area contributed by atoms with Crippen LogP contribution in [0.4, 0.5) is 0 Å². The van der Waals surface area contributed by atoms with Gasteiger partial charge in [-0.1, -0.05) is 18.2 Å². The second-order valence-electron chi connectivity index (χ2n) is 4.34. The lowest BCUT2D eigenvalue weighted by Crippen LogP contribution is -2.28. The van der Waals surface area contributed by atoms with Crippen LogP contribution in [0.15, 0.2) is 18.2 Å². The molecule has 0 saturated heterocycles. The molecule has 0 spiro atoms. The minimum Gasteiger partial charge on any atom is -0.392 e. The fourth-order valence-electron chi connectivity index (χ4n) is 2.36. The molecular weight excluding hydrogens is 202 g/mol. The first-order valence-electron chi connectivity index (χ1n) is 5.70. The second kappa shape index (κ2) is 4.66. The van der Waals surface area contributed by atoms with Crippen LogP contribution in [0.25, 0.3) is 0 Å². The molecule has 3 heteroatoms. The Hall–Kier alpha value is -1.35. The van der Waals surface area contributed by atoms with Gasteiger partial charge in [-0.2, -0.15) is 0 Å². The minimum absolute atomic E-state index is 0.0177. The van der Waals surface area contributed by atoms with Crippen molar-refractivity contribution in [3.05, 3.63) is 34.9 Å². The van der Waals surface area contributed by atoms with Gasteiger partial charge in [0.25, 0.3) is 0 Å². The van der Waals surface area contributed by atoms with Crippen molar-refractivity contribution in [2.45, 2.75) is 38.8 Å². The molecule has 0 unspecified atom stereocenters. The summed E-state index contributed by atoms with van der Waals surface area (Å²) in [5.74, 6) is 0.0177. The van der Waals surface area contributed by atoms with Gasteiger partial charge in [-0.3, -0.25) is 4.79 Å². The summed E-state index contributed by atoms with van der Waals surface area (Å²) in [6.45, 7) is 1.63. The number of hydrogen-bond donors (Lipinski definition) is 2. The highest BCUT2D eigenvalue weighted by Crippen LogP contribution is 2.30. The van der Waals surface area contributed by atoms with Gasteiger partial charge in [-0.15, -0.1) is 0 Å². The topological polar surface area (TPSA) is 49.3 Å². The normalized spacial score (nSPS) is 19.0. The summed E-state index contributed by atoms with van der Waals surface area (Å²) >= 11 is 0. The van der Waals surface area contributed by atoms with E-state index < -0.39 is 0 Å². The minimum atomic E-state index is 0.0177. The Morgan fingerprint density at radius 2 is 2.38 bits per heavy atom. The fourth-order valence-corrected chi connectivity index (χ4v) is 2.36. The van der Waals surface area contributed by atoms with Crippen LogP contribution in [0.1, 0.15) is 42.5 Å². The maximum atomic E-state index is 11.1. The molecule has 1 atom stereocenters. The number of hydrogen-bond acceptors (Lipinski definition) is 2. The first-order valence-corrected chi connectivity index (χ1v) is 5.70. The molecule has 1 aromatic carbocycles. The van der Waals surface area contributed by atoms with Gasteiger partial charge >= 0.3 is 0 Å². The van der Waals surface area contributed by atoms with Crippen molar-refractivity contribution in [3.8, 4) is 0 Å². The van der Waals surface area contributed by atoms with Crippen molar-refractivity contribution in [2.24, 2.45) is 0 Å². The van der Waals surface area contributed by atoms with E-state index in [2.05, 4.69) is 5.32 Å². The van der Waals surface area contributed by atoms with Crippen LogP contribution in [0.2, 0.25) is 0 Å². The molecule has 0 bridgehead atoms. The van der Waals surface area contributed by atoms with Crippen LogP contribution in [-0.2, 0) is 17.8 Å². The molecule has 1 aliphatic carbocycles. The van der Waals surface area contributed by atoms with Crippen molar-refractivity contribution >= 4 is 5.91 Å². The predicted octanol–water partition coefficient (Wildman–Crippen LogP) is 1.69. The number of rotatable bonds is 2. The molecule has 0 aliphatic heterocycles. The van der Waals surface area contributed by atoms with E-state index in [1.165, 1.54) is 11.1 Å². The molecule has 1 amide bonds. The van der Waals surface area contributed by atoms with Crippen LogP contribution < -0.4 is 5.32 Å². The molecule has 16 heavy (non-hydrogen) atoms. The third kappa shape index (κ3) is 2.25. The van der Waals surface area contributed by atoms with E-state index >= 15 is 0 Å². The zero-order valence-electron chi connectivity index (χ0n) is 9.49. The Bertz CT molecular complexity index is 401. The molecule has 0 heterocycles. The fraction of sp³-hybridized carbons (Fsp3) is 0.462. The lowest BCUT2D eigenvalue weighted by molar-refractivity contribution is -0.119. The molecule has 2 N–H and O–H groups in total. The average molecular weight is 219 g/mol. The first-order chi connectivity index (χ1) is 7.70. The summed E-state index contributed by atoms with van der Waals surface area (Å²) in [7, 11) is 0. The van der Waals surface area contributed by atoms with E-state index in [0.717, 1.165) is 24.8 Å². The molecule has 3 nitrogen and oxygen atoms in total. The van der Waals surface area contributed by atoms with E-state index in [9.17, 15) is 4.79 Å². The number of aryl methyl sites for hydroxylation is 1. The lowest BCUT2D eigenvalue weighted by atomic mass is 9.86. The van der Waals surface area contributed by atoms with Crippen LogP contribution >= 0.6 is 0 Å². The Morgan fingerprint density at radius 1 is 1.56 bits per heavy atom. The van der Waals surface area contributed by atoms with Crippen molar-refractivity contribution in [3.63, 3.8) is 0 Å². The average Bonchev–Trinajstić information content (AvgIpc) is 2.28. The number of benzene rings is 1. The molecule has 1 aromatic rings. The lowest BCUT2D eigenvalue weighted by Gasteiger charge is -2.26. The van der Waals surface area contributed by atoms with Gasteiger partial charge in [0.1, 0.15) is 0 Å². The third-order valence-corrected chi connectivity index (χ3v) is 3.08. The first kappa shape index (κ1) is 11.1. The highest BCUT2D eigenvalue weighted by Gasteiger charge is 2.20. The predicted molar refractivity (Wildman–Crippen MR) is 61.9 cm³/mol. The third-order valence-electron chi connectivity index (χ3n) is 3.08. The standard InChI is InChI=1S/C13H17NO2/c1-9(16)14-13-4-2-3-11-7-10(8-15)5-6-12(11)13/h5-7,13,15H,2-4,8H2,1H3,(H,14,16)/t13-/m1/s1. The number of carbonyl (C=O) groups is 1. The summed E-state index contributed by atoms with van der Waals surface area (Å²) < 4.78 is 0. The summed E-state index contributed by atoms with van der Waals surface area (Å²) in [6, 6.07) is 6.15. The maximum Gasteiger partial charge on any atom is 0.217 e. The van der Waals surface area contributed by atoms with E-state index in [-0.39, 0.29) is 18.6 Å². The monoisotopic (exact) mass is 219 g/mol. The number of carbonyl (C=O) groups excluding carboxylic acids is 1. The van der Waals surface area contributed by atoms with E-state index in [1.807, 2.05) is 18.2 Å². The van der Waals surface area contributed by atoms with E-state index in [0.29, 0.717) is 0 Å². The van der Waals surface area contributed by atoms with Gasteiger partial charge < -0.3 is 10.4 Å². The number of aliphatic hydroxyl groups is 1. The van der Waals surface area contributed by atoms with Crippen LogP contribution in [0.5, 0.6) is 0 Å². The Kier molecular flexibility index (Phi) is 3.25. The van der Waals surface area contributed by atoms with Crippen LogP contribution in [0.3, 0.4) is 0 Å². The number of fused-ring (bicyclic) bond motifs is 1. The number of nitrogens with one attached hydrogen (secondary N) is 1. The molecule has 2 rings (SSSR count). The summed E-state index contributed by atoms with van der Waals surface area (Å²) in [6.07, 6.45) is 3.14. The largest absolute Gasteiger partial charge is 0.392 e. The van der Waals surface area contributed by atoms with Gasteiger partial charge in [0.2, 0.25) is 5.91 Å². The van der Waals surface area contributed by atoms with Crippen molar-refractivity contribution in [2.75, 3.05) is 0 Å². The van der Waals surface area contributed by atoms with Crippen LogP contribution in [-0.4, -0.2) is 11.0 Å². The molecule has 0 aromatic heterocycles. The molecule has 0 radical (unpaired) electrons. The van der Waals surface area contributed by atoms with Crippen molar-refractivity contribution in [1.29, 1.82) is 0 Å². The van der Waals surface area contributed by atoms with Gasteiger partial charge in [-0.05, 0) is 36.0 Å². The zero-order valence-corrected chi connectivity index (χ0v) is 9.49. The SMILES string of the molecule is CC(=O)N[C@@H]1CCCc2cc(CO)ccc21. The maximum absolute atomic E-state index is 11.1. The zero-order chi connectivity index (χ0) is 11.5. The Morgan fingerprint density at radius 3 is 3.06 bits per heavy atom. The van der Waals surface area contributed by atoms with Crippen LogP contribution in [0, 0.1) is 0 Å². The highest BCUT2D eigenvalue weighted by molar-refractivity contribution is 5.73. The molecule has 86 valence electrons. The summed E-state index contributed by atoms with van der Waals surface area (Å²) in [5.41, 5.74) is 3.41. The quantitative estimate of drug-likeness (QED) is 0.795. The van der Waals surface area contributed by atoms with Gasteiger partial charge in [-0.25, -0.2) is 0 Å². The highest BCUT2D eigenvalue weighted by atomic mass is 16.3.